The van der Waals surface area contributed by atoms with E-state index in [0.717, 1.165) is 17.9 Å². The quantitative estimate of drug-likeness (QED) is 0.865. The van der Waals surface area contributed by atoms with Gasteiger partial charge in [-0.3, -0.25) is 0 Å². The minimum absolute atomic E-state index is 0.294. The summed E-state index contributed by atoms with van der Waals surface area (Å²) in [6.07, 6.45) is 1.17. The zero-order chi connectivity index (χ0) is 16.1. The molecule has 2 aromatic carbocycles. The van der Waals surface area contributed by atoms with Crippen molar-refractivity contribution in [3.05, 3.63) is 54.1 Å². The molecule has 0 aliphatic heterocycles. The van der Waals surface area contributed by atoms with Gasteiger partial charge >= 0.3 is 0 Å². The first-order valence-corrected chi connectivity index (χ1v) is 7.75. The second kappa shape index (κ2) is 7.32. The van der Waals surface area contributed by atoms with Crippen molar-refractivity contribution in [1.29, 1.82) is 0 Å². The summed E-state index contributed by atoms with van der Waals surface area (Å²) in [5.74, 6) is 0.859. The molecule has 2 aromatic rings. The minimum Gasteiger partial charge on any atom is -0.508 e. The van der Waals surface area contributed by atoms with Crippen LogP contribution in [0.4, 0.5) is 11.4 Å². The van der Waals surface area contributed by atoms with Crippen LogP contribution < -0.4 is 4.90 Å². The fourth-order valence-electron chi connectivity index (χ4n) is 2.47. The molecule has 0 amide bonds. The summed E-state index contributed by atoms with van der Waals surface area (Å²) < 4.78 is 0. The fraction of sp³-hybridized carbons (Fsp3) is 0.368. The van der Waals surface area contributed by atoms with Crippen molar-refractivity contribution in [2.24, 2.45) is 0 Å². The van der Waals surface area contributed by atoms with Crippen molar-refractivity contribution in [2.75, 3.05) is 32.6 Å². The van der Waals surface area contributed by atoms with E-state index in [4.69, 9.17) is 0 Å². The van der Waals surface area contributed by atoms with Crippen LogP contribution >= 0.6 is 0 Å². The summed E-state index contributed by atoms with van der Waals surface area (Å²) in [6, 6.07) is 16.0. The lowest BCUT2D eigenvalue weighted by molar-refractivity contribution is 0.386. The van der Waals surface area contributed by atoms with Crippen LogP contribution in [0.25, 0.3) is 0 Å². The van der Waals surface area contributed by atoms with E-state index < -0.39 is 0 Å². The lowest BCUT2D eigenvalue weighted by Crippen LogP contribution is -2.15. The molecule has 0 saturated heterocycles. The van der Waals surface area contributed by atoms with E-state index in [1.807, 2.05) is 19.2 Å². The predicted molar refractivity (Wildman–Crippen MR) is 94.2 cm³/mol. The molecule has 2 rings (SSSR count). The van der Waals surface area contributed by atoms with Gasteiger partial charge in [0.15, 0.2) is 0 Å². The highest BCUT2D eigenvalue weighted by Gasteiger charge is 2.08. The van der Waals surface area contributed by atoms with Gasteiger partial charge in [0.2, 0.25) is 0 Å². The van der Waals surface area contributed by atoms with Gasteiger partial charge in [0, 0.05) is 18.4 Å². The van der Waals surface area contributed by atoms with Crippen molar-refractivity contribution >= 4 is 11.4 Å². The number of nitrogens with zero attached hydrogens (tertiary/aromatic N) is 2. The maximum atomic E-state index is 9.37. The van der Waals surface area contributed by atoms with Gasteiger partial charge in [0.1, 0.15) is 5.75 Å². The summed E-state index contributed by atoms with van der Waals surface area (Å²) in [5.41, 5.74) is 3.59. The third-order valence-electron chi connectivity index (χ3n) is 4.10. The molecule has 0 bridgehead atoms. The van der Waals surface area contributed by atoms with E-state index in [1.165, 1.54) is 12.0 Å². The first-order chi connectivity index (χ1) is 10.5. The Kier molecular flexibility index (Phi) is 5.45. The van der Waals surface area contributed by atoms with E-state index in [9.17, 15) is 5.11 Å². The summed E-state index contributed by atoms with van der Waals surface area (Å²) in [7, 11) is 6.27. The van der Waals surface area contributed by atoms with E-state index >= 15 is 0 Å². The lowest BCUT2D eigenvalue weighted by atomic mass is 9.97. The number of aromatic hydroxyl groups is 1. The van der Waals surface area contributed by atoms with Gasteiger partial charge in [-0.2, -0.15) is 0 Å². The first-order valence-electron chi connectivity index (χ1n) is 7.75. The summed E-state index contributed by atoms with van der Waals surface area (Å²) >= 11 is 0. The molecule has 0 fully saturated rings. The van der Waals surface area contributed by atoms with E-state index in [2.05, 4.69) is 55.1 Å². The van der Waals surface area contributed by atoms with Crippen LogP contribution in [0.3, 0.4) is 0 Å². The Morgan fingerprint density at radius 2 is 1.36 bits per heavy atom. The zero-order valence-corrected chi connectivity index (χ0v) is 14.0. The Balaban J connectivity index is 2.06. The molecule has 3 heteroatoms. The number of rotatable bonds is 6. The number of hydrogen-bond donors (Lipinski definition) is 1. The molecule has 0 spiro atoms. The molecule has 118 valence electrons. The second-order valence-electron chi connectivity index (χ2n) is 6.16. The summed E-state index contributed by atoms with van der Waals surface area (Å²) in [5, 5.41) is 9.37. The van der Waals surface area contributed by atoms with Gasteiger partial charge in [0.25, 0.3) is 0 Å². The smallest absolute Gasteiger partial charge is 0.115 e. The Morgan fingerprint density at radius 1 is 0.864 bits per heavy atom. The minimum atomic E-state index is 0.294. The summed E-state index contributed by atoms with van der Waals surface area (Å²) in [4.78, 5) is 4.34. The highest BCUT2D eigenvalue weighted by atomic mass is 16.3. The standard InChI is InChI=1S/C19H26N2O/c1-15(13-14-20(2)3)16-5-7-17(8-6-16)21(4)18-9-11-19(22)12-10-18/h5-12,15,22H,13-14H2,1-4H3. The summed E-state index contributed by atoms with van der Waals surface area (Å²) in [6.45, 7) is 3.39. The highest BCUT2D eigenvalue weighted by Crippen LogP contribution is 2.27. The molecule has 1 N–H and O–H groups in total. The molecule has 1 atom stereocenters. The van der Waals surface area contributed by atoms with Crippen molar-refractivity contribution in [2.45, 2.75) is 19.3 Å². The second-order valence-corrected chi connectivity index (χ2v) is 6.16. The van der Waals surface area contributed by atoms with Crippen LogP contribution in [-0.4, -0.2) is 37.7 Å². The average Bonchev–Trinajstić information content (AvgIpc) is 2.53. The zero-order valence-electron chi connectivity index (χ0n) is 14.0. The SMILES string of the molecule is CC(CCN(C)C)c1ccc(N(C)c2ccc(O)cc2)cc1. The van der Waals surface area contributed by atoms with E-state index in [0.29, 0.717) is 11.7 Å². The molecule has 1 unspecified atom stereocenters. The molecule has 22 heavy (non-hydrogen) atoms. The van der Waals surface area contributed by atoms with Crippen molar-refractivity contribution in [3.8, 4) is 5.75 Å². The monoisotopic (exact) mass is 298 g/mol. The van der Waals surface area contributed by atoms with Crippen LogP contribution in [0, 0.1) is 0 Å². The molecule has 0 aromatic heterocycles. The van der Waals surface area contributed by atoms with Gasteiger partial charge in [-0.05, 0) is 74.9 Å². The number of phenolic OH excluding ortho intramolecular Hbond substituents is 1. The average molecular weight is 298 g/mol. The maximum absolute atomic E-state index is 9.37. The van der Waals surface area contributed by atoms with Gasteiger partial charge < -0.3 is 14.9 Å². The van der Waals surface area contributed by atoms with Crippen LogP contribution in [0.1, 0.15) is 24.8 Å². The molecule has 0 heterocycles. The molecule has 3 nitrogen and oxygen atoms in total. The van der Waals surface area contributed by atoms with E-state index in [-0.39, 0.29) is 0 Å². The van der Waals surface area contributed by atoms with Gasteiger partial charge in [-0.1, -0.05) is 19.1 Å². The van der Waals surface area contributed by atoms with Crippen molar-refractivity contribution < 1.29 is 5.11 Å². The Morgan fingerprint density at radius 3 is 1.86 bits per heavy atom. The third kappa shape index (κ3) is 4.25. The Labute approximate surface area is 133 Å². The normalized spacial score (nSPS) is 12.4. The van der Waals surface area contributed by atoms with Crippen LogP contribution in [-0.2, 0) is 0 Å². The topological polar surface area (TPSA) is 26.7 Å². The maximum Gasteiger partial charge on any atom is 0.115 e. The first kappa shape index (κ1) is 16.4. The third-order valence-corrected chi connectivity index (χ3v) is 4.10. The van der Waals surface area contributed by atoms with Crippen LogP contribution in [0.15, 0.2) is 48.5 Å². The molecular formula is C19H26N2O. The number of anilines is 2. The van der Waals surface area contributed by atoms with Crippen LogP contribution in [0.2, 0.25) is 0 Å². The molecule has 0 aliphatic rings. The number of benzene rings is 2. The fourth-order valence-corrected chi connectivity index (χ4v) is 2.47. The molecule has 0 radical (unpaired) electrons. The van der Waals surface area contributed by atoms with Crippen molar-refractivity contribution in [3.63, 3.8) is 0 Å². The number of hydrogen-bond acceptors (Lipinski definition) is 3. The van der Waals surface area contributed by atoms with Gasteiger partial charge in [-0.15, -0.1) is 0 Å². The molecule has 0 saturated carbocycles. The largest absolute Gasteiger partial charge is 0.508 e. The van der Waals surface area contributed by atoms with Crippen LogP contribution in [0.5, 0.6) is 5.75 Å². The lowest BCUT2D eigenvalue weighted by Gasteiger charge is -2.21. The van der Waals surface area contributed by atoms with Crippen molar-refractivity contribution in [1.82, 2.24) is 4.90 Å². The predicted octanol–water partition coefficient (Wildman–Crippen LogP) is 4.22. The molecule has 0 aliphatic carbocycles. The Bertz CT molecular complexity index is 575. The van der Waals surface area contributed by atoms with E-state index in [1.54, 1.807) is 12.1 Å². The highest BCUT2D eigenvalue weighted by molar-refractivity contribution is 5.63. The molecular weight excluding hydrogens is 272 g/mol. The number of phenols is 1. The van der Waals surface area contributed by atoms with Gasteiger partial charge in [0.05, 0.1) is 0 Å². The van der Waals surface area contributed by atoms with Gasteiger partial charge in [-0.25, -0.2) is 0 Å². The Hall–Kier alpha value is -2.00.